The van der Waals surface area contributed by atoms with Crippen LogP contribution in [-0.4, -0.2) is 69.9 Å². The van der Waals surface area contributed by atoms with Gasteiger partial charge in [-0.2, -0.15) is 0 Å². The van der Waals surface area contributed by atoms with E-state index < -0.39 is 5.41 Å². The third kappa shape index (κ3) is 2.80. The Labute approximate surface area is 182 Å². The summed E-state index contributed by atoms with van der Waals surface area (Å²) in [6.07, 6.45) is 1.58. The fourth-order valence-corrected chi connectivity index (χ4v) is 6.50. The van der Waals surface area contributed by atoms with Crippen LogP contribution in [0.1, 0.15) is 25.3 Å². The first kappa shape index (κ1) is 20.6. The quantitative estimate of drug-likeness (QED) is 0.732. The minimum atomic E-state index is -0.651. The van der Waals surface area contributed by atoms with Crippen LogP contribution in [0.4, 0.5) is 5.69 Å². The van der Waals surface area contributed by atoms with Gasteiger partial charge in [-0.15, -0.1) is 0 Å². The van der Waals surface area contributed by atoms with Crippen molar-refractivity contribution in [3.8, 4) is 11.5 Å². The van der Waals surface area contributed by atoms with Gasteiger partial charge in [0.15, 0.2) is 11.5 Å². The summed E-state index contributed by atoms with van der Waals surface area (Å²) in [5, 5.41) is 3.10. The average molecular weight is 431 g/mol. The highest BCUT2D eigenvalue weighted by Crippen LogP contribution is 2.55. The summed E-state index contributed by atoms with van der Waals surface area (Å²) in [6, 6.07) is 3.82. The maximum Gasteiger partial charge on any atom is 0.311 e. The van der Waals surface area contributed by atoms with Crippen molar-refractivity contribution in [2.24, 2.45) is 17.8 Å². The predicted molar refractivity (Wildman–Crippen MR) is 112 cm³/mol. The minimum absolute atomic E-state index is 0.0190. The van der Waals surface area contributed by atoms with Gasteiger partial charge < -0.3 is 24.3 Å². The van der Waals surface area contributed by atoms with Crippen LogP contribution in [0.3, 0.4) is 0 Å². The molecule has 1 aromatic rings. The Morgan fingerprint density at radius 2 is 1.94 bits per heavy atom. The number of hydrogen-bond donors (Lipinski definition) is 1. The molecule has 4 aliphatic rings. The van der Waals surface area contributed by atoms with Gasteiger partial charge in [-0.05, 0) is 43.9 Å². The molecule has 6 unspecified atom stereocenters. The molecule has 0 aromatic heterocycles. The van der Waals surface area contributed by atoms with Crippen LogP contribution in [0.25, 0.3) is 0 Å². The standard InChI is InChI=1S/C23H30N2O6/c1-12-14-10-25-6-5-23(20(25)7-13(14)15(11-31-12)21(26)30-4)16-8-18(28-2)19(29-3)9-17(16)24-22(23)27/h8-9,12-15,20H,5-7,10-11H2,1-4H3,(H,24,27). The molecule has 0 radical (unpaired) electrons. The second-order valence-corrected chi connectivity index (χ2v) is 9.17. The van der Waals surface area contributed by atoms with Crippen LogP contribution in [0, 0.1) is 17.8 Å². The SMILES string of the molecule is COC(=O)C1COC(C)C2CN3CCC4(C(=O)Nc5cc(OC)c(OC)cc54)C3CC12. The Morgan fingerprint density at radius 1 is 1.19 bits per heavy atom. The Bertz CT molecular complexity index is 920. The molecule has 6 atom stereocenters. The molecule has 8 heteroatoms. The maximum absolute atomic E-state index is 13.5. The second-order valence-electron chi connectivity index (χ2n) is 9.17. The van der Waals surface area contributed by atoms with E-state index in [1.807, 2.05) is 12.1 Å². The van der Waals surface area contributed by atoms with Crippen LogP contribution in [0.15, 0.2) is 12.1 Å². The van der Waals surface area contributed by atoms with E-state index in [0.717, 1.165) is 37.2 Å². The number of carbonyl (C=O) groups excluding carboxylic acids is 2. The lowest BCUT2D eigenvalue weighted by Gasteiger charge is -2.50. The zero-order valence-electron chi connectivity index (χ0n) is 18.5. The molecule has 168 valence electrons. The monoisotopic (exact) mass is 430 g/mol. The average Bonchev–Trinajstić information content (AvgIpc) is 3.29. The van der Waals surface area contributed by atoms with Crippen molar-refractivity contribution in [2.75, 3.05) is 46.3 Å². The fourth-order valence-electron chi connectivity index (χ4n) is 6.50. The molecule has 8 nitrogen and oxygen atoms in total. The highest BCUT2D eigenvalue weighted by molar-refractivity contribution is 6.07. The molecule has 1 amide bonds. The van der Waals surface area contributed by atoms with Crippen molar-refractivity contribution in [1.82, 2.24) is 4.90 Å². The number of nitrogens with one attached hydrogen (secondary N) is 1. The van der Waals surface area contributed by atoms with Gasteiger partial charge >= 0.3 is 5.97 Å². The lowest BCUT2D eigenvalue weighted by Crippen LogP contribution is -2.59. The molecule has 0 aliphatic carbocycles. The van der Waals surface area contributed by atoms with Crippen LogP contribution >= 0.6 is 0 Å². The highest BCUT2D eigenvalue weighted by atomic mass is 16.5. The van der Waals surface area contributed by atoms with Crippen molar-refractivity contribution in [1.29, 1.82) is 0 Å². The summed E-state index contributed by atoms with van der Waals surface area (Å²) in [5.74, 6) is 1.12. The van der Waals surface area contributed by atoms with E-state index in [-0.39, 0.29) is 41.8 Å². The number of ether oxygens (including phenoxy) is 4. The van der Waals surface area contributed by atoms with Crippen molar-refractivity contribution >= 4 is 17.6 Å². The number of esters is 1. The van der Waals surface area contributed by atoms with E-state index in [0.29, 0.717) is 18.1 Å². The van der Waals surface area contributed by atoms with Gasteiger partial charge in [-0.3, -0.25) is 14.5 Å². The van der Waals surface area contributed by atoms with Crippen LogP contribution in [-0.2, 0) is 24.5 Å². The van der Waals surface area contributed by atoms with Crippen molar-refractivity contribution in [3.05, 3.63) is 17.7 Å². The van der Waals surface area contributed by atoms with Crippen LogP contribution in [0.5, 0.6) is 11.5 Å². The number of rotatable bonds is 3. The van der Waals surface area contributed by atoms with E-state index in [2.05, 4.69) is 17.1 Å². The zero-order chi connectivity index (χ0) is 21.9. The number of fused-ring (bicyclic) bond motifs is 5. The van der Waals surface area contributed by atoms with E-state index in [1.165, 1.54) is 7.11 Å². The van der Waals surface area contributed by atoms with Gasteiger partial charge in [0.2, 0.25) is 5.91 Å². The Kier molecular flexibility index (Phi) is 4.90. The molecule has 1 N–H and O–H groups in total. The molecule has 0 bridgehead atoms. The smallest absolute Gasteiger partial charge is 0.311 e. The summed E-state index contributed by atoms with van der Waals surface area (Å²) in [5.41, 5.74) is 1.11. The number of carbonyl (C=O) groups is 2. The van der Waals surface area contributed by atoms with E-state index in [1.54, 1.807) is 14.2 Å². The summed E-state index contributed by atoms with van der Waals surface area (Å²) >= 11 is 0. The third-order valence-corrected chi connectivity index (χ3v) is 8.11. The summed E-state index contributed by atoms with van der Waals surface area (Å²) in [7, 11) is 4.63. The fraction of sp³-hybridized carbons (Fsp3) is 0.652. The van der Waals surface area contributed by atoms with Crippen molar-refractivity contribution < 1.29 is 28.5 Å². The molecule has 0 saturated carbocycles. The van der Waals surface area contributed by atoms with E-state index in [9.17, 15) is 9.59 Å². The van der Waals surface area contributed by atoms with Gasteiger partial charge in [0.05, 0.1) is 45.4 Å². The van der Waals surface area contributed by atoms with E-state index in [4.69, 9.17) is 18.9 Å². The lowest BCUT2D eigenvalue weighted by molar-refractivity contribution is -0.169. The van der Waals surface area contributed by atoms with Gasteiger partial charge in [0, 0.05) is 30.3 Å². The first-order chi connectivity index (χ1) is 14.9. The molecular formula is C23H30N2O6. The molecule has 4 aliphatic heterocycles. The van der Waals surface area contributed by atoms with Crippen molar-refractivity contribution in [3.63, 3.8) is 0 Å². The maximum atomic E-state index is 13.5. The number of nitrogens with zero attached hydrogens (tertiary/aromatic N) is 1. The summed E-state index contributed by atoms with van der Waals surface area (Å²) in [4.78, 5) is 28.4. The Hall–Kier alpha value is -2.32. The molecule has 31 heavy (non-hydrogen) atoms. The van der Waals surface area contributed by atoms with E-state index >= 15 is 0 Å². The number of benzene rings is 1. The molecule has 5 rings (SSSR count). The number of hydrogen-bond acceptors (Lipinski definition) is 7. The Morgan fingerprint density at radius 3 is 2.65 bits per heavy atom. The predicted octanol–water partition coefficient (Wildman–Crippen LogP) is 1.81. The van der Waals surface area contributed by atoms with Gasteiger partial charge in [-0.25, -0.2) is 0 Å². The van der Waals surface area contributed by atoms with Crippen LogP contribution < -0.4 is 14.8 Å². The third-order valence-electron chi connectivity index (χ3n) is 8.11. The van der Waals surface area contributed by atoms with Gasteiger partial charge in [-0.1, -0.05) is 0 Å². The number of methoxy groups -OCH3 is 3. The summed E-state index contributed by atoms with van der Waals surface area (Å²) in [6.45, 7) is 4.13. The minimum Gasteiger partial charge on any atom is -0.493 e. The second kappa shape index (κ2) is 7.38. The molecule has 3 fully saturated rings. The van der Waals surface area contributed by atoms with Gasteiger partial charge in [0.25, 0.3) is 0 Å². The first-order valence-corrected chi connectivity index (χ1v) is 11.0. The number of anilines is 1. The topological polar surface area (TPSA) is 86.3 Å². The highest BCUT2D eigenvalue weighted by Gasteiger charge is 2.62. The zero-order valence-corrected chi connectivity index (χ0v) is 18.5. The van der Waals surface area contributed by atoms with Gasteiger partial charge in [0.1, 0.15) is 0 Å². The summed E-state index contributed by atoms with van der Waals surface area (Å²) < 4.78 is 22.0. The number of piperidine rings is 1. The van der Waals surface area contributed by atoms with Crippen molar-refractivity contribution in [2.45, 2.75) is 37.3 Å². The molecule has 4 heterocycles. The largest absolute Gasteiger partial charge is 0.493 e. The van der Waals surface area contributed by atoms with Crippen LogP contribution in [0.2, 0.25) is 0 Å². The number of amides is 1. The Balaban J connectivity index is 1.55. The normalized spacial score (nSPS) is 36.4. The molecule has 3 saturated heterocycles. The molecule has 1 aromatic carbocycles. The molecular weight excluding hydrogens is 400 g/mol. The first-order valence-electron chi connectivity index (χ1n) is 11.0. The lowest BCUT2D eigenvalue weighted by atomic mass is 9.65. The molecule has 1 spiro atoms.